The first-order chi connectivity index (χ1) is 14.1. The Balaban J connectivity index is 1.78. The molecule has 0 spiro atoms. The van der Waals surface area contributed by atoms with Crippen LogP contribution < -0.4 is 10.6 Å². The van der Waals surface area contributed by atoms with Gasteiger partial charge in [-0.15, -0.1) is 0 Å². The fraction of sp³-hybridized carbons (Fsp3) is 0.478. The van der Waals surface area contributed by atoms with E-state index in [1.54, 1.807) is 0 Å². The Morgan fingerprint density at radius 2 is 1.69 bits per heavy atom. The minimum atomic E-state index is -0.0669. The maximum absolute atomic E-state index is 12.6. The molecule has 1 aromatic carbocycles. The third kappa shape index (κ3) is 4.42. The van der Waals surface area contributed by atoms with Gasteiger partial charge in [0.15, 0.2) is 0 Å². The van der Waals surface area contributed by atoms with Crippen molar-refractivity contribution in [1.82, 2.24) is 15.2 Å². The summed E-state index contributed by atoms with van der Waals surface area (Å²) in [6, 6.07) is 5.91. The predicted molar refractivity (Wildman–Crippen MR) is 119 cm³/mol. The molecule has 2 bridgehead atoms. The van der Waals surface area contributed by atoms with Crippen LogP contribution in [-0.2, 0) is 11.3 Å². The first-order valence-corrected chi connectivity index (χ1v) is 11.5. The van der Waals surface area contributed by atoms with Gasteiger partial charge in [-0.2, -0.15) is 0 Å². The maximum atomic E-state index is 12.6. The summed E-state index contributed by atoms with van der Waals surface area (Å²) in [7, 11) is 0. The standard InChI is InChI=1S/C23H28BrN3O2/c24-22-21(16-8-4-3-5-9-16)18-11-10-17-14-19(18)27(22)15-20(28)25-12-6-1-2-7-13-26-23(17)29/h1-2,10-11,14,16H,3-9,12-13,15H2,(H,25,28)(H,26,29)/b2-1-. The molecular formula is C23H28BrN3O2. The molecule has 5 nitrogen and oxygen atoms in total. The number of carbonyl (C=O) groups excluding carboxylic acids is 2. The van der Waals surface area contributed by atoms with E-state index in [0.29, 0.717) is 24.6 Å². The number of rotatable bonds is 1. The third-order valence-electron chi connectivity index (χ3n) is 6.01. The number of halogens is 1. The fourth-order valence-electron chi connectivity index (χ4n) is 4.52. The summed E-state index contributed by atoms with van der Waals surface area (Å²) in [5, 5.41) is 7.16. The Morgan fingerprint density at radius 1 is 0.966 bits per heavy atom. The number of amides is 2. The highest BCUT2D eigenvalue weighted by atomic mass is 79.9. The lowest BCUT2D eigenvalue weighted by Gasteiger charge is -2.22. The molecule has 0 radical (unpaired) electrons. The van der Waals surface area contributed by atoms with Crippen molar-refractivity contribution in [2.45, 2.75) is 57.4 Å². The molecule has 2 amide bonds. The Kier molecular flexibility index (Phi) is 6.38. The van der Waals surface area contributed by atoms with Crippen LogP contribution in [0.25, 0.3) is 10.9 Å². The van der Waals surface area contributed by atoms with Crippen LogP contribution in [0, 0.1) is 0 Å². The number of benzene rings is 1. The van der Waals surface area contributed by atoms with Crippen LogP contribution in [0.2, 0.25) is 0 Å². The van der Waals surface area contributed by atoms with E-state index in [1.807, 2.05) is 22.8 Å². The van der Waals surface area contributed by atoms with Gasteiger partial charge in [0.2, 0.25) is 5.91 Å². The van der Waals surface area contributed by atoms with Crippen LogP contribution in [0.5, 0.6) is 0 Å². The summed E-state index contributed by atoms with van der Waals surface area (Å²) in [4.78, 5) is 25.2. The number of nitrogens with zero attached hydrogens (tertiary/aromatic N) is 1. The molecule has 1 aromatic heterocycles. The van der Waals surface area contributed by atoms with E-state index in [9.17, 15) is 9.59 Å². The van der Waals surface area contributed by atoms with Crippen LogP contribution in [0.4, 0.5) is 0 Å². The van der Waals surface area contributed by atoms with Crippen molar-refractivity contribution in [1.29, 1.82) is 0 Å². The van der Waals surface area contributed by atoms with Gasteiger partial charge in [0, 0.05) is 24.0 Å². The summed E-state index contributed by atoms with van der Waals surface area (Å²) in [5.41, 5.74) is 2.88. The molecule has 2 aliphatic rings. The molecule has 4 rings (SSSR count). The van der Waals surface area contributed by atoms with Crippen molar-refractivity contribution in [3.8, 4) is 0 Å². The lowest BCUT2D eigenvalue weighted by Crippen LogP contribution is -2.28. The van der Waals surface area contributed by atoms with E-state index in [4.69, 9.17) is 0 Å². The minimum absolute atomic E-state index is 0.00378. The summed E-state index contributed by atoms with van der Waals surface area (Å²) < 4.78 is 3.01. The number of carbonyl (C=O) groups is 2. The van der Waals surface area contributed by atoms with Crippen molar-refractivity contribution < 1.29 is 9.59 Å². The van der Waals surface area contributed by atoms with Crippen LogP contribution in [-0.4, -0.2) is 29.5 Å². The topological polar surface area (TPSA) is 63.1 Å². The van der Waals surface area contributed by atoms with E-state index in [1.165, 1.54) is 37.7 Å². The highest BCUT2D eigenvalue weighted by molar-refractivity contribution is 9.10. The molecule has 2 N–H and O–H groups in total. The molecule has 1 aliphatic heterocycles. The lowest BCUT2D eigenvalue weighted by atomic mass is 9.84. The number of fused-ring (bicyclic) bond motifs is 1. The van der Waals surface area contributed by atoms with Gasteiger partial charge in [-0.25, -0.2) is 0 Å². The molecule has 1 fully saturated rings. The minimum Gasteiger partial charge on any atom is -0.354 e. The molecule has 0 atom stereocenters. The van der Waals surface area contributed by atoms with Crippen LogP contribution in [0.1, 0.15) is 66.8 Å². The summed E-state index contributed by atoms with van der Waals surface area (Å²) >= 11 is 3.81. The van der Waals surface area contributed by atoms with E-state index < -0.39 is 0 Å². The SMILES string of the molecule is O=C1Cn2c(Br)c(C3CCCCC3)c3ccc(cc32)C(=O)NCC/C=C\CCN1. The van der Waals surface area contributed by atoms with Gasteiger partial charge in [-0.1, -0.05) is 37.5 Å². The quantitative estimate of drug-likeness (QED) is 0.612. The number of aromatic nitrogens is 1. The van der Waals surface area contributed by atoms with Gasteiger partial charge in [-0.05, 0) is 65.2 Å². The zero-order valence-electron chi connectivity index (χ0n) is 16.7. The van der Waals surface area contributed by atoms with Crippen LogP contribution >= 0.6 is 15.9 Å². The molecule has 29 heavy (non-hydrogen) atoms. The smallest absolute Gasteiger partial charge is 0.251 e. The molecule has 6 heteroatoms. The molecule has 154 valence electrons. The molecular weight excluding hydrogens is 430 g/mol. The highest BCUT2D eigenvalue weighted by Gasteiger charge is 2.25. The van der Waals surface area contributed by atoms with E-state index in [0.717, 1.165) is 28.3 Å². The molecule has 0 saturated heterocycles. The highest BCUT2D eigenvalue weighted by Crippen LogP contribution is 2.42. The van der Waals surface area contributed by atoms with Gasteiger partial charge in [0.25, 0.3) is 5.91 Å². The van der Waals surface area contributed by atoms with Gasteiger partial charge in [-0.3, -0.25) is 9.59 Å². The third-order valence-corrected chi connectivity index (χ3v) is 6.87. The molecule has 2 aromatic rings. The number of hydrogen-bond donors (Lipinski definition) is 2. The normalized spacial score (nSPS) is 20.7. The summed E-state index contributed by atoms with van der Waals surface area (Å²) in [6.45, 7) is 1.48. The largest absolute Gasteiger partial charge is 0.354 e. The van der Waals surface area contributed by atoms with Crippen molar-refractivity contribution in [2.75, 3.05) is 13.1 Å². The second-order valence-electron chi connectivity index (χ2n) is 8.01. The second-order valence-corrected chi connectivity index (χ2v) is 8.76. The van der Waals surface area contributed by atoms with Crippen LogP contribution in [0.3, 0.4) is 0 Å². The van der Waals surface area contributed by atoms with Crippen molar-refractivity contribution in [3.05, 3.63) is 46.1 Å². The van der Waals surface area contributed by atoms with E-state index in [2.05, 4.69) is 38.7 Å². The van der Waals surface area contributed by atoms with Gasteiger partial charge in [0.05, 0.1) is 10.1 Å². The first kappa shape index (κ1) is 20.2. The zero-order valence-corrected chi connectivity index (χ0v) is 18.3. The first-order valence-electron chi connectivity index (χ1n) is 10.7. The number of nitrogens with one attached hydrogen (secondary N) is 2. The Bertz CT molecular complexity index is 941. The molecule has 0 unspecified atom stereocenters. The van der Waals surface area contributed by atoms with Crippen LogP contribution in [0.15, 0.2) is 35.0 Å². The monoisotopic (exact) mass is 457 g/mol. The van der Waals surface area contributed by atoms with E-state index >= 15 is 0 Å². The Hall–Kier alpha value is -2.08. The molecule has 1 aliphatic carbocycles. The maximum Gasteiger partial charge on any atom is 0.251 e. The lowest BCUT2D eigenvalue weighted by molar-refractivity contribution is -0.121. The number of hydrogen-bond acceptors (Lipinski definition) is 2. The second kappa shape index (κ2) is 9.16. The van der Waals surface area contributed by atoms with E-state index in [-0.39, 0.29) is 18.4 Å². The average Bonchev–Trinajstić information content (AvgIpc) is 3.00. The fourth-order valence-corrected chi connectivity index (χ4v) is 5.38. The van der Waals surface area contributed by atoms with Crippen molar-refractivity contribution in [3.63, 3.8) is 0 Å². The average molecular weight is 458 g/mol. The Morgan fingerprint density at radius 3 is 2.45 bits per heavy atom. The summed E-state index contributed by atoms with van der Waals surface area (Å²) in [5.74, 6) is 0.430. The van der Waals surface area contributed by atoms with Gasteiger partial charge >= 0.3 is 0 Å². The van der Waals surface area contributed by atoms with Crippen molar-refractivity contribution in [2.24, 2.45) is 0 Å². The Labute approximate surface area is 180 Å². The molecule has 2 heterocycles. The predicted octanol–water partition coefficient (Wildman–Crippen LogP) is 4.65. The van der Waals surface area contributed by atoms with Gasteiger partial charge in [0.1, 0.15) is 6.54 Å². The molecule has 1 saturated carbocycles. The zero-order chi connectivity index (χ0) is 20.2. The van der Waals surface area contributed by atoms with Crippen molar-refractivity contribution >= 4 is 38.6 Å². The summed E-state index contributed by atoms with van der Waals surface area (Å²) in [6.07, 6.45) is 11.8. The van der Waals surface area contributed by atoms with Gasteiger partial charge < -0.3 is 15.2 Å².